The molecule has 0 aromatic carbocycles. The number of halogens is 1. The average Bonchev–Trinajstić information content (AvgIpc) is 2.37. The zero-order chi connectivity index (χ0) is 13.6. The summed E-state index contributed by atoms with van der Waals surface area (Å²) >= 11 is 5.71. The van der Waals surface area contributed by atoms with E-state index in [0.29, 0.717) is 18.8 Å². The Morgan fingerprint density at radius 3 is 2.06 bits per heavy atom. The molecule has 0 radical (unpaired) electrons. The Balaban J connectivity index is 3.54. The van der Waals surface area contributed by atoms with Crippen LogP contribution in [0.15, 0.2) is 0 Å². The van der Waals surface area contributed by atoms with Gasteiger partial charge in [-0.3, -0.25) is 4.79 Å². The predicted octanol–water partition coefficient (Wildman–Crippen LogP) is 4.60. The lowest BCUT2D eigenvalue weighted by molar-refractivity contribution is -0.131. The van der Waals surface area contributed by atoms with Gasteiger partial charge in [0, 0.05) is 25.4 Å². The van der Waals surface area contributed by atoms with Gasteiger partial charge in [-0.1, -0.05) is 52.4 Å². The lowest BCUT2D eigenvalue weighted by Crippen LogP contribution is -2.33. The summed E-state index contributed by atoms with van der Waals surface area (Å²) in [5, 5.41) is 0. The molecule has 0 spiro atoms. The van der Waals surface area contributed by atoms with Crippen molar-refractivity contribution in [2.75, 3.05) is 19.0 Å². The fourth-order valence-corrected chi connectivity index (χ4v) is 2.33. The molecule has 0 atom stereocenters. The number of hydrogen-bond acceptors (Lipinski definition) is 1. The average molecular weight is 276 g/mol. The normalized spacial score (nSPS) is 10.6. The summed E-state index contributed by atoms with van der Waals surface area (Å²) in [4.78, 5) is 13.8. The highest BCUT2D eigenvalue weighted by Crippen LogP contribution is 2.09. The monoisotopic (exact) mass is 275 g/mol. The van der Waals surface area contributed by atoms with E-state index in [1.54, 1.807) is 0 Å². The van der Waals surface area contributed by atoms with E-state index in [2.05, 4.69) is 13.8 Å². The second-order valence-corrected chi connectivity index (χ2v) is 5.32. The van der Waals surface area contributed by atoms with E-state index < -0.39 is 0 Å². The Kier molecular flexibility index (Phi) is 13.0. The zero-order valence-electron chi connectivity index (χ0n) is 12.2. The van der Waals surface area contributed by atoms with Crippen LogP contribution in [0.2, 0.25) is 0 Å². The molecule has 0 saturated carbocycles. The van der Waals surface area contributed by atoms with E-state index >= 15 is 0 Å². The third-order valence-electron chi connectivity index (χ3n) is 3.19. The topological polar surface area (TPSA) is 20.3 Å². The summed E-state index contributed by atoms with van der Waals surface area (Å²) in [6, 6.07) is 0. The first-order chi connectivity index (χ1) is 8.76. The Hall–Kier alpha value is -0.240. The molecule has 0 aliphatic heterocycles. The van der Waals surface area contributed by atoms with Crippen LogP contribution in [0.4, 0.5) is 0 Å². The molecule has 0 rings (SSSR count). The van der Waals surface area contributed by atoms with Crippen LogP contribution in [0, 0.1) is 0 Å². The largest absolute Gasteiger partial charge is 0.342 e. The highest BCUT2D eigenvalue weighted by Gasteiger charge is 2.10. The molecule has 0 bridgehead atoms. The molecule has 2 nitrogen and oxygen atoms in total. The first-order valence-electron chi connectivity index (χ1n) is 7.60. The van der Waals surface area contributed by atoms with Gasteiger partial charge in [-0.15, -0.1) is 11.6 Å². The van der Waals surface area contributed by atoms with Crippen LogP contribution in [0.1, 0.15) is 71.6 Å². The van der Waals surface area contributed by atoms with Crippen LogP contribution in [0.5, 0.6) is 0 Å². The Bertz CT molecular complexity index is 191. The highest BCUT2D eigenvalue weighted by atomic mass is 35.5. The van der Waals surface area contributed by atoms with Gasteiger partial charge in [-0.2, -0.15) is 0 Å². The van der Waals surface area contributed by atoms with Crippen molar-refractivity contribution in [3.8, 4) is 0 Å². The fourth-order valence-electron chi connectivity index (χ4n) is 2.12. The molecule has 1 amide bonds. The molecule has 0 aliphatic carbocycles. The molecule has 0 saturated heterocycles. The number of nitrogens with zero attached hydrogens (tertiary/aromatic N) is 1. The van der Waals surface area contributed by atoms with Crippen LogP contribution in [0.3, 0.4) is 0 Å². The van der Waals surface area contributed by atoms with Crippen molar-refractivity contribution in [1.29, 1.82) is 0 Å². The van der Waals surface area contributed by atoms with E-state index in [-0.39, 0.29) is 5.91 Å². The smallest absolute Gasteiger partial charge is 0.222 e. The van der Waals surface area contributed by atoms with E-state index in [0.717, 1.165) is 19.4 Å². The van der Waals surface area contributed by atoms with Gasteiger partial charge in [0.25, 0.3) is 0 Å². The van der Waals surface area contributed by atoms with Crippen LogP contribution < -0.4 is 0 Å². The molecule has 0 fully saturated rings. The molecule has 0 aromatic heterocycles. The van der Waals surface area contributed by atoms with Crippen molar-refractivity contribution in [3.05, 3.63) is 0 Å². The van der Waals surface area contributed by atoms with Crippen molar-refractivity contribution in [2.45, 2.75) is 71.6 Å². The van der Waals surface area contributed by atoms with Gasteiger partial charge in [-0.05, 0) is 12.8 Å². The summed E-state index contributed by atoms with van der Waals surface area (Å²) in [6.07, 6.45) is 10.5. The van der Waals surface area contributed by atoms with E-state index in [1.165, 1.54) is 38.5 Å². The maximum atomic E-state index is 11.9. The molecule has 0 N–H and O–H groups in total. The quantitative estimate of drug-likeness (QED) is 0.376. The Labute approximate surface area is 118 Å². The van der Waals surface area contributed by atoms with Gasteiger partial charge < -0.3 is 4.90 Å². The van der Waals surface area contributed by atoms with Gasteiger partial charge in [0.05, 0.1) is 0 Å². The minimum absolute atomic E-state index is 0.283. The molecule has 3 heteroatoms. The van der Waals surface area contributed by atoms with Crippen LogP contribution >= 0.6 is 11.6 Å². The number of hydrogen-bond donors (Lipinski definition) is 0. The predicted molar refractivity (Wildman–Crippen MR) is 80.2 cm³/mol. The van der Waals surface area contributed by atoms with Crippen molar-refractivity contribution >= 4 is 17.5 Å². The third-order valence-corrected chi connectivity index (χ3v) is 3.36. The number of carbonyl (C=O) groups is 1. The molecular formula is C15H30ClNO. The van der Waals surface area contributed by atoms with E-state index in [1.807, 2.05) is 4.90 Å². The number of alkyl halides is 1. The van der Waals surface area contributed by atoms with Crippen LogP contribution in [-0.2, 0) is 4.79 Å². The molecular weight excluding hydrogens is 246 g/mol. The molecule has 18 heavy (non-hydrogen) atoms. The van der Waals surface area contributed by atoms with Gasteiger partial charge in [0.1, 0.15) is 0 Å². The highest BCUT2D eigenvalue weighted by molar-refractivity contribution is 6.18. The first-order valence-corrected chi connectivity index (χ1v) is 8.13. The molecule has 0 unspecified atom stereocenters. The van der Waals surface area contributed by atoms with Gasteiger partial charge in [0.15, 0.2) is 0 Å². The fraction of sp³-hybridized carbons (Fsp3) is 0.933. The molecule has 0 aliphatic rings. The lowest BCUT2D eigenvalue weighted by Gasteiger charge is -2.20. The second kappa shape index (κ2) is 13.2. The van der Waals surface area contributed by atoms with Gasteiger partial charge in [-0.25, -0.2) is 0 Å². The minimum atomic E-state index is 0.283. The van der Waals surface area contributed by atoms with Gasteiger partial charge in [0.2, 0.25) is 5.91 Å². The summed E-state index contributed by atoms with van der Waals surface area (Å²) < 4.78 is 0. The molecule has 108 valence electrons. The zero-order valence-corrected chi connectivity index (χ0v) is 13.0. The van der Waals surface area contributed by atoms with Gasteiger partial charge >= 0.3 is 0 Å². The Morgan fingerprint density at radius 2 is 1.50 bits per heavy atom. The third kappa shape index (κ3) is 9.76. The van der Waals surface area contributed by atoms with Crippen molar-refractivity contribution in [3.63, 3.8) is 0 Å². The lowest BCUT2D eigenvalue weighted by atomic mass is 10.1. The summed E-state index contributed by atoms with van der Waals surface area (Å²) in [5.74, 6) is 0.828. The number of amides is 1. The molecule has 0 aromatic rings. The summed E-state index contributed by atoms with van der Waals surface area (Å²) in [7, 11) is 0. The van der Waals surface area contributed by atoms with Crippen molar-refractivity contribution in [2.24, 2.45) is 0 Å². The maximum absolute atomic E-state index is 11.9. The minimum Gasteiger partial charge on any atom is -0.342 e. The number of rotatable bonds is 12. The second-order valence-electron chi connectivity index (χ2n) is 4.94. The number of unbranched alkanes of at least 4 members (excludes halogenated alkanes) is 6. The summed E-state index contributed by atoms with van der Waals surface area (Å²) in [6.45, 7) is 5.88. The maximum Gasteiger partial charge on any atom is 0.222 e. The Morgan fingerprint density at radius 1 is 0.889 bits per heavy atom. The SMILES string of the molecule is CCCCCCCCCC(=O)N(CCC)CCCl. The molecule has 0 heterocycles. The van der Waals surface area contributed by atoms with E-state index in [4.69, 9.17) is 11.6 Å². The van der Waals surface area contributed by atoms with Crippen LogP contribution in [-0.4, -0.2) is 29.8 Å². The van der Waals surface area contributed by atoms with Crippen molar-refractivity contribution in [1.82, 2.24) is 4.90 Å². The number of carbonyl (C=O) groups excluding carboxylic acids is 1. The first kappa shape index (κ1) is 17.8. The van der Waals surface area contributed by atoms with Crippen molar-refractivity contribution < 1.29 is 4.79 Å². The summed E-state index contributed by atoms with van der Waals surface area (Å²) in [5.41, 5.74) is 0. The van der Waals surface area contributed by atoms with Crippen LogP contribution in [0.25, 0.3) is 0 Å². The standard InChI is InChI=1S/C15H30ClNO/c1-3-5-6-7-8-9-10-11-15(18)17(13-4-2)14-12-16/h3-14H2,1-2H3. The van der Waals surface area contributed by atoms with E-state index in [9.17, 15) is 4.79 Å².